The number of benzene rings is 4. The Kier molecular flexibility index (Phi) is 15.9. The number of nitrogens with one attached hydrogen (secondary N) is 1. The van der Waals surface area contributed by atoms with Crippen molar-refractivity contribution in [3.05, 3.63) is 102 Å². The molecule has 4 aromatic carbocycles. The van der Waals surface area contributed by atoms with Gasteiger partial charge in [-0.15, -0.1) is 5.10 Å². The zero-order valence-corrected chi connectivity index (χ0v) is 42.0. The highest BCUT2D eigenvalue weighted by Gasteiger charge is 2.39. The average Bonchev–Trinajstić information content (AvgIpc) is 3.74. The quantitative estimate of drug-likeness (QED) is 0.0797. The van der Waals surface area contributed by atoms with Crippen LogP contribution in [0.25, 0.3) is 11.4 Å². The molecule has 1 amide bonds. The minimum Gasteiger partial charge on any atom is -0.497 e. The van der Waals surface area contributed by atoms with Crippen molar-refractivity contribution in [1.82, 2.24) is 29.8 Å². The number of anilines is 1. The van der Waals surface area contributed by atoms with Gasteiger partial charge in [0.15, 0.2) is 15.7 Å². The Morgan fingerprint density at radius 1 is 0.773 bits per heavy atom. The van der Waals surface area contributed by atoms with Crippen molar-refractivity contribution < 1.29 is 40.6 Å². The molecule has 2 heterocycles. The van der Waals surface area contributed by atoms with E-state index in [9.17, 15) is 13.2 Å². The van der Waals surface area contributed by atoms with Crippen LogP contribution in [-0.4, -0.2) is 108 Å². The van der Waals surface area contributed by atoms with E-state index >= 15 is 8.42 Å². The number of sulfone groups is 1. The number of hydrogen-bond donors (Lipinski definition) is 1. The Hall–Kier alpha value is -5.50. The molecular formula is C47H63N7O9S2Si. The molecule has 5 aromatic rings. The Morgan fingerprint density at radius 2 is 1.29 bits per heavy atom. The molecule has 1 aromatic heterocycles. The fourth-order valence-electron chi connectivity index (χ4n) is 7.62. The first-order valence-electron chi connectivity index (χ1n) is 22.0. The van der Waals surface area contributed by atoms with Crippen LogP contribution in [0.3, 0.4) is 0 Å². The smallest absolute Gasteiger partial charge is 0.407 e. The van der Waals surface area contributed by atoms with E-state index < -0.39 is 44.5 Å². The van der Waals surface area contributed by atoms with E-state index in [1.165, 1.54) is 15.1 Å². The van der Waals surface area contributed by atoms with Gasteiger partial charge in [-0.05, 0) is 121 Å². The van der Waals surface area contributed by atoms with Crippen LogP contribution in [0.1, 0.15) is 50.3 Å². The molecule has 356 valence electrons. The number of amides is 1. The van der Waals surface area contributed by atoms with E-state index in [0.29, 0.717) is 72.6 Å². The van der Waals surface area contributed by atoms with Gasteiger partial charge in [0.2, 0.25) is 10.0 Å². The van der Waals surface area contributed by atoms with Crippen LogP contribution in [0, 0.1) is 5.92 Å². The number of piperidine rings is 1. The predicted octanol–water partition coefficient (Wildman–Crippen LogP) is 7.66. The maximum atomic E-state index is 16.1. The maximum Gasteiger partial charge on any atom is 0.407 e. The number of nitrogens with zero attached hydrogens (tertiary/aromatic N) is 6. The molecule has 1 fully saturated rings. The first kappa shape index (κ1) is 49.9. The summed E-state index contributed by atoms with van der Waals surface area (Å²) in [4.78, 5) is 13.9. The number of carbonyl (C=O) groups excluding carboxylic acids is 1. The van der Waals surface area contributed by atoms with E-state index in [1.807, 2.05) is 45.0 Å². The van der Waals surface area contributed by atoms with Gasteiger partial charge in [0.05, 0.1) is 44.1 Å². The molecule has 0 spiro atoms. The fourth-order valence-corrected chi connectivity index (χ4v) is 14.4. The molecule has 0 bridgehead atoms. The zero-order chi connectivity index (χ0) is 47.9. The lowest BCUT2D eigenvalue weighted by atomic mass is 9.95. The average molecular weight is 962 g/mol. The van der Waals surface area contributed by atoms with Crippen LogP contribution in [0.15, 0.2) is 94.7 Å². The van der Waals surface area contributed by atoms with Crippen LogP contribution in [-0.2, 0) is 44.2 Å². The summed E-state index contributed by atoms with van der Waals surface area (Å²) in [6, 6.07) is 25.1. The summed E-state index contributed by atoms with van der Waals surface area (Å²) < 4.78 is 86.5. The highest BCUT2D eigenvalue weighted by molar-refractivity contribution is 7.93. The number of hydrogen-bond acceptors (Lipinski definition) is 13. The molecule has 16 nitrogen and oxygen atoms in total. The molecule has 6 rings (SSSR count). The number of carbonyl (C=O) groups is 1. The van der Waals surface area contributed by atoms with Crippen molar-refractivity contribution >= 4 is 39.7 Å². The summed E-state index contributed by atoms with van der Waals surface area (Å²) >= 11 is 0. The molecule has 1 aliphatic heterocycles. The van der Waals surface area contributed by atoms with Gasteiger partial charge in [-0.1, -0.05) is 56.0 Å². The number of tetrazole rings is 1. The van der Waals surface area contributed by atoms with Gasteiger partial charge in [0.25, 0.3) is 0 Å². The van der Waals surface area contributed by atoms with Gasteiger partial charge in [-0.2, -0.15) is 4.31 Å². The first-order valence-corrected chi connectivity index (χ1v) is 28.8. The van der Waals surface area contributed by atoms with Crippen molar-refractivity contribution in [3.8, 4) is 28.6 Å². The third-order valence-electron chi connectivity index (χ3n) is 11.3. The minimum absolute atomic E-state index is 0.0855. The van der Waals surface area contributed by atoms with E-state index in [2.05, 4.69) is 45.4 Å². The Labute approximate surface area is 390 Å². The summed E-state index contributed by atoms with van der Waals surface area (Å²) in [7, 11) is -6.27. The van der Waals surface area contributed by atoms with Crippen LogP contribution in [0.4, 0.5) is 10.5 Å². The SMILES string of the molecule is COc1ccc(CN(Cc2ccc(OC)cc2)S(=O)(=O)c2c(S(=O)(=O)CC[Si](C)(C)C)ccc(N3CCC(CNC(=O)OC(C)(C)C)CC3)c2-c2nnnn2Cc2ccc(OC)cc2)cc1. The fraction of sp³-hybridized carbons (Fsp3) is 0.447. The van der Waals surface area contributed by atoms with E-state index in [4.69, 9.17) is 18.9 Å². The van der Waals surface area contributed by atoms with E-state index in [0.717, 1.165) is 5.56 Å². The zero-order valence-electron chi connectivity index (χ0n) is 39.4. The highest BCUT2D eigenvalue weighted by atomic mass is 32.2. The lowest BCUT2D eigenvalue weighted by Gasteiger charge is -2.36. The van der Waals surface area contributed by atoms with Crippen molar-refractivity contribution in [2.75, 3.05) is 51.6 Å². The van der Waals surface area contributed by atoms with Crippen molar-refractivity contribution in [2.45, 2.75) is 94.3 Å². The van der Waals surface area contributed by atoms with Crippen molar-refractivity contribution in [3.63, 3.8) is 0 Å². The van der Waals surface area contributed by atoms with Gasteiger partial charge in [-0.3, -0.25) is 0 Å². The Morgan fingerprint density at radius 3 is 1.77 bits per heavy atom. The van der Waals surface area contributed by atoms with Gasteiger partial charge in [-0.25, -0.2) is 26.3 Å². The lowest BCUT2D eigenvalue weighted by Crippen LogP contribution is -2.40. The second-order valence-corrected chi connectivity index (χ2v) is 28.3. The number of methoxy groups -OCH3 is 3. The maximum absolute atomic E-state index is 16.1. The molecule has 0 aliphatic carbocycles. The number of sulfonamides is 1. The Bertz CT molecular complexity index is 2590. The van der Waals surface area contributed by atoms with Gasteiger partial charge < -0.3 is 29.2 Å². The molecule has 0 saturated carbocycles. The minimum atomic E-state index is -4.77. The largest absolute Gasteiger partial charge is 0.497 e. The van der Waals surface area contributed by atoms with E-state index in [1.54, 1.807) is 75.9 Å². The standard InChI is InChI=1S/C47H63N7O9S2Si/c1-47(2,3)63-46(55)48-30-34-24-26-52(27-25-34)41-22-23-42(64(56,57)28-29-66(7,8)9)44(43(41)45-49-50-51-54(45)33-37-14-20-40(62-6)21-15-37)65(58,59)53(31-35-10-16-38(60-4)17-11-35)32-36-12-18-39(61-5)19-13-36/h10-23,34H,24-33H2,1-9H3,(H,48,55). The number of rotatable bonds is 19. The van der Waals surface area contributed by atoms with Gasteiger partial charge in [0.1, 0.15) is 27.7 Å². The Balaban J connectivity index is 1.55. The summed E-state index contributed by atoms with van der Waals surface area (Å²) in [5.41, 5.74) is 2.02. The van der Waals surface area contributed by atoms with Gasteiger partial charge in [0, 0.05) is 46.5 Å². The normalized spacial score (nSPS) is 14.0. The molecule has 1 saturated heterocycles. The van der Waals surface area contributed by atoms with Crippen LogP contribution in [0.2, 0.25) is 25.7 Å². The van der Waals surface area contributed by atoms with Gasteiger partial charge >= 0.3 is 6.09 Å². The number of alkyl carbamates (subject to hydrolysis) is 1. The van der Waals surface area contributed by atoms with Crippen LogP contribution >= 0.6 is 0 Å². The summed E-state index contributed by atoms with van der Waals surface area (Å²) in [5.74, 6) is 1.80. The molecule has 1 aliphatic rings. The molecule has 0 atom stereocenters. The van der Waals surface area contributed by atoms with Crippen molar-refractivity contribution in [1.29, 1.82) is 0 Å². The van der Waals surface area contributed by atoms with Crippen LogP contribution < -0.4 is 24.4 Å². The first-order chi connectivity index (χ1) is 31.2. The third kappa shape index (κ3) is 12.9. The topological polar surface area (TPSA) is 184 Å². The lowest BCUT2D eigenvalue weighted by molar-refractivity contribution is 0.0516. The molecule has 0 unspecified atom stereocenters. The summed E-state index contributed by atoms with van der Waals surface area (Å²) in [6.07, 6.45) is 0.794. The molecular weight excluding hydrogens is 899 g/mol. The molecule has 19 heteroatoms. The molecule has 66 heavy (non-hydrogen) atoms. The summed E-state index contributed by atoms with van der Waals surface area (Å²) in [6.45, 7) is 12.9. The predicted molar refractivity (Wildman–Crippen MR) is 257 cm³/mol. The van der Waals surface area contributed by atoms with Crippen LogP contribution in [0.5, 0.6) is 17.2 Å². The van der Waals surface area contributed by atoms with E-state index in [-0.39, 0.29) is 47.6 Å². The third-order valence-corrected chi connectivity index (χ3v) is 17.2. The highest BCUT2D eigenvalue weighted by Crippen LogP contribution is 2.43. The second kappa shape index (κ2) is 21.0. The summed E-state index contributed by atoms with van der Waals surface area (Å²) in [5, 5.41) is 15.8. The monoisotopic (exact) mass is 961 g/mol. The second-order valence-electron chi connectivity index (χ2n) is 18.7. The number of aromatic nitrogens is 4. The molecule has 0 radical (unpaired) electrons. The number of ether oxygens (including phenoxy) is 4. The molecule has 1 N–H and O–H groups in total. The van der Waals surface area contributed by atoms with Crippen molar-refractivity contribution in [2.24, 2.45) is 5.92 Å².